The summed E-state index contributed by atoms with van der Waals surface area (Å²) in [6, 6.07) is 0. The minimum atomic E-state index is 0.532. The minimum absolute atomic E-state index is 0.532. The Bertz CT molecular complexity index is 128. The second-order valence-electron chi connectivity index (χ2n) is 2.64. The van der Waals surface area contributed by atoms with E-state index < -0.39 is 0 Å². The fourth-order valence-corrected chi connectivity index (χ4v) is 0.959. The van der Waals surface area contributed by atoms with E-state index in [0.717, 1.165) is 12.5 Å². The van der Waals surface area contributed by atoms with Gasteiger partial charge in [-0.15, -0.1) is 0 Å². The summed E-state index contributed by atoms with van der Waals surface area (Å²) < 4.78 is 0. The van der Waals surface area contributed by atoms with E-state index >= 15 is 0 Å². The fraction of sp³-hybridized carbons (Fsp3) is 0.833. The topological polar surface area (TPSA) is 27.6 Å². The second-order valence-corrected chi connectivity index (χ2v) is 2.64. The van der Waals surface area contributed by atoms with Crippen molar-refractivity contribution in [3.8, 4) is 0 Å². The average Bonchev–Trinajstić information content (AvgIpc) is 2.13. The van der Waals surface area contributed by atoms with Gasteiger partial charge in [-0.2, -0.15) is 5.10 Å². The van der Waals surface area contributed by atoms with Crippen LogP contribution in [-0.2, 0) is 0 Å². The Balaban J connectivity index is 2.57. The molecule has 0 spiro atoms. The molecule has 1 rings (SSSR count). The predicted octanol–water partition coefficient (Wildman–Crippen LogP) is 0.448. The van der Waals surface area contributed by atoms with Crippen molar-refractivity contribution in [3.63, 3.8) is 0 Å². The maximum Gasteiger partial charge on any atom is 0.128 e. The van der Waals surface area contributed by atoms with Crippen molar-refractivity contribution in [2.24, 2.45) is 11.0 Å². The Hall–Kier alpha value is -0.730. The van der Waals surface area contributed by atoms with Gasteiger partial charge in [-0.3, -0.25) is 5.43 Å². The van der Waals surface area contributed by atoms with Crippen LogP contribution in [-0.4, -0.2) is 24.5 Å². The lowest BCUT2D eigenvalue weighted by atomic mass is 10.2. The van der Waals surface area contributed by atoms with Crippen molar-refractivity contribution in [1.82, 2.24) is 10.3 Å². The molecule has 1 N–H and O–H groups in total. The van der Waals surface area contributed by atoms with Gasteiger partial charge in [0.25, 0.3) is 0 Å². The van der Waals surface area contributed by atoms with Gasteiger partial charge in [-0.25, -0.2) is 0 Å². The van der Waals surface area contributed by atoms with Crippen LogP contribution in [0.5, 0.6) is 0 Å². The number of hydrogen-bond donors (Lipinski definition) is 1. The van der Waals surface area contributed by atoms with Gasteiger partial charge in [0.05, 0.1) is 0 Å². The van der Waals surface area contributed by atoms with Crippen LogP contribution in [0.25, 0.3) is 0 Å². The molecular formula is C6H13N3. The minimum Gasteiger partial charge on any atom is -0.343 e. The van der Waals surface area contributed by atoms with E-state index in [9.17, 15) is 0 Å². The first-order valence-corrected chi connectivity index (χ1v) is 3.23. The summed E-state index contributed by atoms with van der Waals surface area (Å²) in [5.74, 6) is 1.68. The average molecular weight is 127 g/mol. The molecule has 9 heavy (non-hydrogen) atoms. The van der Waals surface area contributed by atoms with E-state index in [0.29, 0.717) is 5.92 Å². The Morgan fingerprint density at radius 2 is 2.33 bits per heavy atom. The Morgan fingerprint density at radius 3 is 2.56 bits per heavy atom. The van der Waals surface area contributed by atoms with Gasteiger partial charge in [0, 0.05) is 13.0 Å². The molecule has 3 heteroatoms. The van der Waals surface area contributed by atoms with Gasteiger partial charge in [0.2, 0.25) is 0 Å². The largest absolute Gasteiger partial charge is 0.343 e. The third kappa shape index (κ3) is 1.15. The van der Waals surface area contributed by atoms with Crippen molar-refractivity contribution in [2.45, 2.75) is 13.8 Å². The summed E-state index contributed by atoms with van der Waals surface area (Å²) in [6.07, 6.45) is 0. The number of nitrogens with zero attached hydrogens (tertiary/aromatic N) is 2. The molecule has 3 nitrogen and oxygen atoms in total. The third-order valence-electron chi connectivity index (χ3n) is 1.41. The number of amidine groups is 1. The van der Waals surface area contributed by atoms with Crippen LogP contribution < -0.4 is 5.43 Å². The maximum atomic E-state index is 4.11. The number of hydrazone groups is 1. The zero-order valence-electron chi connectivity index (χ0n) is 6.18. The summed E-state index contributed by atoms with van der Waals surface area (Å²) in [4.78, 5) is 2.12. The highest BCUT2D eigenvalue weighted by Crippen LogP contribution is 2.03. The summed E-state index contributed by atoms with van der Waals surface area (Å²) in [6.45, 7) is 5.14. The molecule has 0 aromatic heterocycles. The predicted molar refractivity (Wildman–Crippen MR) is 38.0 cm³/mol. The van der Waals surface area contributed by atoms with Crippen molar-refractivity contribution >= 4 is 5.84 Å². The highest BCUT2D eigenvalue weighted by molar-refractivity contribution is 5.84. The zero-order valence-corrected chi connectivity index (χ0v) is 6.18. The van der Waals surface area contributed by atoms with Crippen molar-refractivity contribution < 1.29 is 0 Å². The summed E-state index contributed by atoms with van der Waals surface area (Å²) in [5.41, 5.74) is 2.92. The van der Waals surface area contributed by atoms with Gasteiger partial charge in [-0.05, 0) is 0 Å². The number of nitrogens with one attached hydrogen (secondary N) is 1. The monoisotopic (exact) mass is 127 g/mol. The molecule has 0 saturated heterocycles. The molecule has 1 heterocycles. The van der Waals surface area contributed by atoms with E-state index in [1.807, 2.05) is 7.05 Å². The lowest BCUT2D eigenvalue weighted by Gasteiger charge is -2.13. The molecule has 1 aliphatic rings. The molecule has 0 aromatic rings. The van der Waals surface area contributed by atoms with E-state index in [2.05, 4.69) is 29.3 Å². The van der Waals surface area contributed by atoms with E-state index in [4.69, 9.17) is 0 Å². The van der Waals surface area contributed by atoms with Crippen LogP contribution >= 0.6 is 0 Å². The molecule has 0 aliphatic carbocycles. The van der Waals surface area contributed by atoms with Crippen LogP contribution in [0.3, 0.4) is 0 Å². The van der Waals surface area contributed by atoms with E-state index in [1.165, 1.54) is 0 Å². The molecule has 0 atom stereocenters. The fourth-order valence-electron chi connectivity index (χ4n) is 0.959. The molecule has 0 unspecified atom stereocenters. The lowest BCUT2D eigenvalue weighted by molar-refractivity contribution is 0.489. The molecule has 0 fully saturated rings. The molecule has 0 radical (unpaired) electrons. The molecule has 1 aliphatic heterocycles. The normalized spacial score (nSPS) is 18.2. The Kier molecular flexibility index (Phi) is 1.60. The first-order chi connectivity index (χ1) is 4.22. The van der Waals surface area contributed by atoms with E-state index in [-0.39, 0.29) is 0 Å². The smallest absolute Gasteiger partial charge is 0.128 e. The molecule has 0 amide bonds. The van der Waals surface area contributed by atoms with Crippen LogP contribution in [0, 0.1) is 5.92 Å². The standard InChI is InChI=1S/C6H13N3/c1-5(2)6-8-7-4-9(6)3/h5,7H,4H2,1-3H3. The molecule has 0 saturated carbocycles. The quantitative estimate of drug-likeness (QED) is 0.553. The van der Waals surface area contributed by atoms with E-state index in [1.54, 1.807) is 0 Å². The zero-order chi connectivity index (χ0) is 6.85. The molecule has 52 valence electrons. The van der Waals surface area contributed by atoms with Gasteiger partial charge in [-0.1, -0.05) is 13.8 Å². The number of rotatable bonds is 1. The van der Waals surface area contributed by atoms with Gasteiger partial charge in [0.15, 0.2) is 0 Å². The van der Waals surface area contributed by atoms with Gasteiger partial charge >= 0.3 is 0 Å². The van der Waals surface area contributed by atoms with Crippen LogP contribution in [0.1, 0.15) is 13.8 Å². The van der Waals surface area contributed by atoms with Crippen LogP contribution in [0.2, 0.25) is 0 Å². The highest BCUT2D eigenvalue weighted by atomic mass is 15.5. The maximum absolute atomic E-state index is 4.11. The SMILES string of the molecule is CC(C)C1=NNCN1C. The highest BCUT2D eigenvalue weighted by Gasteiger charge is 2.14. The number of hydrogen-bond acceptors (Lipinski definition) is 3. The first kappa shape index (κ1) is 6.39. The van der Waals surface area contributed by atoms with Gasteiger partial charge < -0.3 is 4.90 Å². The summed E-state index contributed by atoms with van der Waals surface area (Å²) in [5, 5.41) is 4.11. The molecule has 0 aromatic carbocycles. The Labute approximate surface area is 55.7 Å². The van der Waals surface area contributed by atoms with Crippen molar-refractivity contribution in [2.75, 3.05) is 13.7 Å². The first-order valence-electron chi connectivity index (χ1n) is 3.23. The summed E-state index contributed by atoms with van der Waals surface area (Å²) >= 11 is 0. The molecule has 0 bridgehead atoms. The Morgan fingerprint density at radius 1 is 1.67 bits per heavy atom. The van der Waals surface area contributed by atoms with Crippen molar-refractivity contribution in [1.29, 1.82) is 0 Å². The van der Waals surface area contributed by atoms with Gasteiger partial charge in [0.1, 0.15) is 12.5 Å². The van der Waals surface area contributed by atoms with Crippen LogP contribution in [0.4, 0.5) is 0 Å². The van der Waals surface area contributed by atoms with Crippen molar-refractivity contribution in [3.05, 3.63) is 0 Å². The van der Waals surface area contributed by atoms with Crippen LogP contribution in [0.15, 0.2) is 5.10 Å². The molecular weight excluding hydrogens is 114 g/mol. The summed E-state index contributed by atoms with van der Waals surface area (Å²) in [7, 11) is 2.04. The third-order valence-corrected chi connectivity index (χ3v) is 1.41. The lowest BCUT2D eigenvalue weighted by Crippen LogP contribution is -2.27. The second kappa shape index (κ2) is 2.25.